The van der Waals surface area contributed by atoms with E-state index in [4.69, 9.17) is 14.0 Å². The van der Waals surface area contributed by atoms with E-state index in [9.17, 15) is 9.59 Å². The quantitative estimate of drug-likeness (QED) is 0.412. The zero-order chi connectivity index (χ0) is 23.4. The second-order valence-electron chi connectivity index (χ2n) is 12.0. The van der Waals surface area contributed by atoms with Crippen LogP contribution in [0, 0.1) is 28.6 Å². The molecule has 0 aromatic rings. The van der Waals surface area contributed by atoms with Gasteiger partial charge in [0, 0.05) is 18.8 Å². The minimum absolute atomic E-state index is 0.0232. The lowest BCUT2D eigenvalue weighted by molar-refractivity contribution is -0.213. The second-order valence-corrected chi connectivity index (χ2v) is 12.0. The summed E-state index contributed by atoms with van der Waals surface area (Å²) in [6, 6.07) is 0. The Morgan fingerprint density at radius 3 is 2.70 bits per heavy atom. The molecule has 5 nitrogen and oxygen atoms in total. The first-order valence-corrected chi connectivity index (χ1v) is 13.4. The summed E-state index contributed by atoms with van der Waals surface area (Å²) in [4.78, 5) is 24.2. The third kappa shape index (κ3) is 3.57. The van der Waals surface area contributed by atoms with Gasteiger partial charge in [0.1, 0.15) is 0 Å². The lowest BCUT2D eigenvalue weighted by Gasteiger charge is -2.61. The molecule has 4 aliphatic carbocycles. The molecule has 1 heterocycles. The smallest absolute Gasteiger partial charge is 0.457 e. The van der Waals surface area contributed by atoms with E-state index < -0.39 is 5.60 Å². The van der Waals surface area contributed by atoms with E-state index >= 15 is 0 Å². The van der Waals surface area contributed by atoms with Crippen molar-refractivity contribution >= 4 is 18.9 Å². The van der Waals surface area contributed by atoms with Gasteiger partial charge in [0.05, 0.1) is 12.2 Å². The van der Waals surface area contributed by atoms with E-state index in [1.54, 1.807) is 0 Å². The molecule has 33 heavy (non-hydrogen) atoms. The standard InChI is InChI=1S/C27H41BO5/c1-5-6-15-28-31-17-24(32-18(2)29)27(33-28)14-11-23-21-8-7-19-16-20(30)9-12-25(19,3)22(21)10-13-26(23,27)4/h16,21-24H,5-15,17H2,1-4H3/t21-,22+,23+,24-,25+,26+,27+/m1/s1. The number of ether oxygens (including phenoxy) is 1. The van der Waals surface area contributed by atoms with Crippen LogP contribution in [0.25, 0.3) is 0 Å². The maximum absolute atomic E-state index is 12.1. The highest BCUT2D eigenvalue weighted by Gasteiger charge is 2.69. The lowest BCUT2D eigenvalue weighted by atomic mass is 9.46. The van der Waals surface area contributed by atoms with Crippen molar-refractivity contribution in [3.05, 3.63) is 11.6 Å². The molecule has 5 rings (SSSR count). The highest BCUT2D eigenvalue weighted by molar-refractivity contribution is 6.44. The van der Waals surface area contributed by atoms with Crippen molar-refractivity contribution in [1.82, 2.24) is 0 Å². The molecule has 0 aromatic carbocycles. The molecular formula is C27H41BO5. The molecule has 3 saturated carbocycles. The van der Waals surface area contributed by atoms with Crippen LogP contribution in [0.5, 0.6) is 0 Å². The van der Waals surface area contributed by atoms with Crippen LogP contribution in [-0.4, -0.2) is 37.2 Å². The van der Waals surface area contributed by atoms with Gasteiger partial charge in [-0.25, -0.2) is 0 Å². The summed E-state index contributed by atoms with van der Waals surface area (Å²) < 4.78 is 18.9. The molecule has 7 atom stereocenters. The van der Waals surface area contributed by atoms with Crippen LogP contribution in [0.3, 0.4) is 0 Å². The average Bonchev–Trinajstić information content (AvgIpc) is 3.07. The third-order valence-electron chi connectivity index (χ3n) is 10.5. The Kier molecular flexibility index (Phi) is 6.09. The van der Waals surface area contributed by atoms with E-state index in [0.717, 1.165) is 57.7 Å². The van der Waals surface area contributed by atoms with Crippen LogP contribution in [0.4, 0.5) is 0 Å². The first-order chi connectivity index (χ1) is 15.7. The van der Waals surface area contributed by atoms with Gasteiger partial charge in [-0.05, 0) is 80.5 Å². The maximum Gasteiger partial charge on any atom is 0.457 e. The highest BCUT2D eigenvalue weighted by Crippen LogP contribution is 2.69. The van der Waals surface area contributed by atoms with Gasteiger partial charge in [-0.2, -0.15) is 0 Å². The normalized spacial score (nSPS) is 44.7. The van der Waals surface area contributed by atoms with E-state index in [1.165, 1.54) is 18.9 Å². The van der Waals surface area contributed by atoms with Crippen molar-refractivity contribution in [2.45, 2.75) is 110 Å². The summed E-state index contributed by atoms with van der Waals surface area (Å²) in [7, 11) is -0.201. The Labute approximate surface area is 199 Å². The van der Waals surface area contributed by atoms with Crippen molar-refractivity contribution in [3.8, 4) is 0 Å². The van der Waals surface area contributed by atoms with Crippen molar-refractivity contribution < 1.29 is 23.6 Å². The van der Waals surface area contributed by atoms with Crippen LogP contribution < -0.4 is 0 Å². The number of hydrogen-bond acceptors (Lipinski definition) is 5. The predicted octanol–water partition coefficient (Wildman–Crippen LogP) is 5.52. The van der Waals surface area contributed by atoms with Gasteiger partial charge in [0.2, 0.25) is 0 Å². The first-order valence-electron chi connectivity index (χ1n) is 13.4. The molecule has 0 amide bonds. The molecule has 0 N–H and O–H groups in total. The maximum atomic E-state index is 12.1. The van der Waals surface area contributed by atoms with Crippen LogP contribution >= 0.6 is 0 Å². The van der Waals surface area contributed by atoms with E-state index in [-0.39, 0.29) is 30.0 Å². The monoisotopic (exact) mass is 456 g/mol. The molecule has 4 fully saturated rings. The minimum atomic E-state index is -0.454. The summed E-state index contributed by atoms with van der Waals surface area (Å²) in [6.07, 6.45) is 13.0. The van der Waals surface area contributed by atoms with Crippen LogP contribution in [0.1, 0.15) is 91.9 Å². The molecule has 0 radical (unpaired) electrons. The Morgan fingerprint density at radius 1 is 1.15 bits per heavy atom. The number of allylic oxidation sites excluding steroid dienone is 1. The summed E-state index contributed by atoms with van der Waals surface area (Å²) in [5.74, 6) is 1.93. The molecule has 182 valence electrons. The number of esters is 1. The lowest BCUT2D eigenvalue weighted by Crippen LogP contribution is -2.66. The second kappa shape index (κ2) is 8.51. The van der Waals surface area contributed by atoms with Gasteiger partial charge in [-0.15, -0.1) is 0 Å². The summed E-state index contributed by atoms with van der Waals surface area (Å²) in [6.45, 7) is 9.00. The van der Waals surface area contributed by atoms with Gasteiger partial charge in [0.25, 0.3) is 0 Å². The first kappa shape index (κ1) is 23.6. The Bertz CT molecular complexity index is 840. The molecule has 0 unspecified atom stereocenters. The number of carbonyl (C=O) groups is 2. The molecule has 5 aliphatic rings. The highest BCUT2D eigenvalue weighted by atomic mass is 16.7. The van der Waals surface area contributed by atoms with Crippen molar-refractivity contribution in [1.29, 1.82) is 0 Å². The molecule has 0 aromatic heterocycles. The Morgan fingerprint density at radius 2 is 1.94 bits per heavy atom. The molecular weight excluding hydrogens is 415 g/mol. The zero-order valence-corrected chi connectivity index (χ0v) is 21.0. The molecule has 1 saturated heterocycles. The van der Waals surface area contributed by atoms with Crippen LogP contribution in [0.15, 0.2) is 11.6 Å². The van der Waals surface area contributed by atoms with Crippen molar-refractivity contribution in [3.63, 3.8) is 0 Å². The van der Waals surface area contributed by atoms with Crippen LogP contribution in [-0.2, 0) is 23.6 Å². The topological polar surface area (TPSA) is 61.8 Å². The zero-order valence-electron chi connectivity index (χ0n) is 21.0. The van der Waals surface area contributed by atoms with Gasteiger partial charge < -0.3 is 14.0 Å². The fraction of sp³-hybridized carbons (Fsp3) is 0.852. The number of rotatable bonds is 4. The molecule has 0 bridgehead atoms. The largest absolute Gasteiger partial charge is 0.457 e. The van der Waals surface area contributed by atoms with Crippen molar-refractivity contribution in [2.75, 3.05) is 6.61 Å². The summed E-state index contributed by atoms with van der Waals surface area (Å²) in [5.41, 5.74) is 1.11. The SMILES string of the molecule is CCCCB1OC[C@@H](OC(C)=O)[C@]2(CC[C@H]3[C@@H]4CCC5=CC(=O)CC[C@]5(C)[C@H]4CC[C@@]32C)O1. The summed E-state index contributed by atoms with van der Waals surface area (Å²) >= 11 is 0. The molecule has 6 heteroatoms. The fourth-order valence-corrected chi connectivity index (χ4v) is 8.83. The molecule has 1 spiro atoms. The van der Waals surface area contributed by atoms with E-state index in [0.29, 0.717) is 36.6 Å². The van der Waals surface area contributed by atoms with Gasteiger partial charge in [0.15, 0.2) is 11.9 Å². The fourth-order valence-electron chi connectivity index (χ4n) is 8.83. The number of fused-ring (bicyclic) bond motifs is 6. The third-order valence-corrected chi connectivity index (χ3v) is 10.5. The van der Waals surface area contributed by atoms with Crippen LogP contribution in [0.2, 0.25) is 6.32 Å². The van der Waals surface area contributed by atoms with E-state index in [1.807, 2.05) is 6.08 Å². The number of unbranched alkanes of at least 4 members (excludes halogenated alkanes) is 1. The molecule has 1 aliphatic heterocycles. The van der Waals surface area contributed by atoms with Crippen molar-refractivity contribution in [2.24, 2.45) is 28.6 Å². The van der Waals surface area contributed by atoms with Gasteiger partial charge in [-0.1, -0.05) is 39.2 Å². The average molecular weight is 456 g/mol. The van der Waals surface area contributed by atoms with E-state index in [2.05, 4.69) is 20.8 Å². The Hall–Kier alpha value is -1.14. The van der Waals surface area contributed by atoms with Gasteiger partial charge in [-0.3, -0.25) is 9.59 Å². The number of ketones is 1. The Balaban J connectivity index is 1.46. The van der Waals surface area contributed by atoms with Gasteiger partial charge >= 0.3 is 13.1 Å². The predicted molar refractivity (Wildman–Crippen MR) is 128 cm³/mol. The number of hydrogen-bond donors (Lipinski definition) is 0. The number of carbonyl (C=O) groups excluding carboxylic acids is 2. The minimum Gasteiger partial charge on any atom is -0.457 e. The summed E-state index contributed by atoms with van der Waals surface area (Å²) in [5, 5.41) is 0.